The van der Waals surface area contributed by atoms with Crippen molar-refractivity contribution >= 4 is 28.8 Å². The van der Waals surface area contributed by atoms with Crippen molar-refractivity contribution in [1.29, 1.82) is 0 Å². The highest BCUT2D eigenvalue weighted by Gasteiger charge is 2.11. The minimum atomic E-state index is -0.567. The molecule has 7 heteroatoms. The summed E-state index contributed by atoms with van der Waals surface area (Å²) in [5.74, 6) is 0.575. The van der Waals surface area contributed by atoms with Crippen molar-refractivity contribution < 1.29 is 14.3 Å². The predicted octanol–water partition coefficient (Wildman–Crippen LogP) is 4.36. The SMILES string of the molecule is Cc1ccc(OCc2nc(COc3cc(Cl)ccc3C(N)=O)cs2)cc1. The number of carbonyl (C=O) groups is 1. The summed E-state index contributed by atoms with van der Waals surface area (Å²) in [5, 5.41) is 3.20. The van der Waals surface area contributed by atoms with Gasteiger partial charge < -0.3 is 15.2 Å². The molecule has 0 unspecified atom stereocenters. The molecule has 5 nitrogen and oxygen atoms in total. The molecule has 0 bridgehead atoms. The van der Waals surface area contributed by atoms with Gasteiger partial charge >= 0.3 is 0 Å². The van der Waals surface area contributed by atoms with E-state index in [1.54, 1.807) is 18.2 Å². The fraction of sp³-hybridized carbons (Fsp3) is 0.158. The van der Waals surface area contributed by atoms with Crippen LogP contribution < -0.4 is 15.2 Å². The van der Waals surface area contributed by atoms with E-state index in [1.807, 2.05) is 36.6 Å². The molecule has 26 heavy (non-hydrogen) atoms. The lowest BCUT2D eigenvalue weighted by Gasteiger charge is -2.08. The molecule has 1 amide bonds. The minimum absolute atomic E-state index is 0.210. The Hall–Kier alpha value is -2.57. The Bertz CT molecular complexity index is 909. The van der Waals surface area contributed by atoms with Crippen molar-refractivity contribution in [2.24, 2.45) is 5.73 Å². The van der Waals surface area contributed by atoms with Gasteiger partial charge in [0.15, 0.2) is 0 Å². The molecule has 3 aromatic rings. The zero-order chi connectivity index (χ0) is 18.5. The summed E-state index contributed by atoms with van der Waals surface area (Å²) in [6.07, 6.45) is 0. The maximum Gasteiger partial charge on any atom is 0.252 e. The average Bonchev–Trinajstić information content (AvgIpc) is 3.07. The second-order valence-electron chi connectivity index (χ2n) is 5.63. The molecule has 0 aliphatic carbocycles. The van der Waals surface area contributed by atoms with E-state index in [0.717, 1.165) is 16.5 Å². The lowest BCUT2D eigenvalue weighted by Crippen LogP contribution is -2.13. The Morgan fingerprint density at radius 1 is 1.15 bits per heavy atom. The van der Waals surface area contributed by atoms with Gasteiger partial charge in [-0.1, -0.05) is 29.3 Å². The summed E-state index contributed by atoms with van der Waals surface area (Å²) >= 11 is 7.44. The van der Waals surface area contributed by atoms with Crippen molar-refractivity contribution in [3.8, 4) is 11.5 Å². The van der Waals surface area contributed by atoms with Crippen molar-refractivity contribution in [3.05, 3.63) is 74.7 Å². The van der Waals surface area contributed by atoms with Gasteiger partial charge in [-0.25, -0.2) is 4.98 Å². The lowest BCUT2D eigenvalue weighted by atomic mass is 10.2. The molecule has 0 saturated carbocycles. The normalized spacial score (nSPS) is 10.5. The van der Waals surface area contributed by atoms with Gasteiger partial charge in [0, 0.05) is 10.4 Å². The van der Waals surface area contributed by atoms with Crippen LogP contribution in [0, 0.1) is 6.92 Å². The first kappa shape index (κ1) is 18.2. The van der Waals surface area contributed by atoms with Crippen LogP contribution in [-0.2, 0) is 13.2 Å². The van der Waals surface area contributed by atoms with Crippen LogP contribution in [0.4, 0.5) is 0 Å². The Balaban J connectivity index is 1.59. The third-order valence-electron chi connectivity index (χ3n) is 3.57. The maximum atomic E-state index is 11.5. The van der Waals surface area contributed by atoms with Crippen LogP contribution in [0.3, 0.4) is 0 Å². The summed E-state index contributed by atoms with van der Waals surface area (Å²) < 4.78 is 11.4. The fourth-order valence-corrected chi connectivity index (χ4v) is 3.08. The number of aromatic nitrogens is 1. The standard InChI is InChI=1S/C19H17ClN2O3S/c1-12-2-5-15(6-3-12)24-10-18-22-14(11-26-18)9-25-17-8-13(20)4-7-16(17)19(21)23/h2-8,11H,9-10H2,1H3,(H2,21,23). The number of nitrogens with two attached hydrogens (primary N) is 1. The molecule has 0 saturated heterocycles. The number of aryl methyl sites for hydroxylation is 1. The first-order valence-corrected chi connectivity index (χ1v) is 9.12. The predicted molar refractivity (Wildman–Crippen MR) is 102 cm³/mol. The van der Waals surface area contributed by atoms with E-state index in [9.17, 15) is 4.79 Å². The number of benzene rings is 2. The molecule has 0 radical (unpaired) electrons. The molecule has 134 valence electrons. The van der Waals surface area contributed by atoms with E-state index in [1.165, 1.54) is 16.9 Å². The molecule has 0 atom stereocenters. The molecule has 2 aromatic carbocycles. The number of hydrogen-bond acceptors (Lipinski definition) is 5. The summed E-state index contributed by atoms with van der Waals surface area (Å²) in [6.45, 7) is 2.62. The highest BCUT2D eigenvalue weighted by molar-refractivity contribution is 7.09. The number of primary amides is 1. The van der Waals surface area contributed by atoms with E-state index in [2.05, 4.69) is 4.98 Å². The van der Waals surface area contributed by atoms with Gasteiger partial charge in [0.2, 0.25) is 0 Å². The van der Waals surface area contributed by atoms with Crippen molar-refractivity contribution in [3.63, 3.8) is 0 Å². The first-order valence-electron chi connectivity index (χ1n) is 7.86. The molecule has 2 N–H and O–H groups in total. The van der Waals surface area contributed by atoms with E-state index in [4.69, 9.17) is 26.8 Å². The van der Waals surface area contributed by atoms with Gasteiger partial charge in [-0.15, -0.1) is 11.3 Å². The van der Waals surface area contributed by atoms with Crippen LogP contribution in [0.15, 0.2) is 47.8 Å². The average molecular weight is 389 g/mol. The number of thiazole rings is 1. The third-order valence-corrected chi connectivity index (χ3v) is 4.67. The zero-order valence-electron chi connectivity index (χ0n) is 14.1. The Kier molecular flexibility index (Phi) is 5.75. The number of hydrogen-bond donors (Lipinski definition) is 1. The Morgan fingerprint density at radius 3 is 2.65 bits per heavy atom. The topological polar surface area (TPSA) is 74.4 Å². The van der Waals surface area contributed by atoms with Crippen LogP contribution in [0.2, 0.25) is 5.02 Å². The van der Waals surface area contributed by atoms with Crippen molar-refractivity contribution in [2.75, 3.05) is 0 Å². The van der Waals surface area contributed by atoms with E-state index in [-0.39, 0.29) is 12.2 Å². The van der Waals surface area contributed by atoms with E-state index in [0.29, 0.717) is 17.4 Å². The molecule has 1 aromatic heterocycles. The molecule has 0 fully saturated rings. The number of carbonyl (C=O) groups excluding carboxylic acids is 1. The summed E-state index contributed by atoms with van der Waals surface area (Å²) in [7, 11) is 0. The van der Waals surface area contributed by atoms with Crippen molar-refractivity contribution in [1.82, 2.24) is 4.98 Å². The zero-order valence-corrected chi connectivity index (χ0v) is 15.6. The first-order chi connectivity index (χ1) is 12.5. The van der Waals surface area contributed by atoms with Crippen LogP contribution in [0.1, 0.15) is 26.6 Å². The monoisotopic (exact) mass is 388 g/mol. The molecular weight excluding hydrogens is 372 g/mol. The number of rotatable bonds is 7. The van der Waals surface area contributed by atoms with Crippen LogP contribution in [-0.4, -0.2) is 10.9 Å². The smallest absolute Gasteiger partial charge is 0.252 e. The highest BCUT2D eigenvalue weighted by atomic mass is 35.5. The Labute approximate surface area is 160 Å². The Morgan fingerprint density at radius 2 is 1.92 bits per heavy atom. The third kappa shape index (κ3) is 4.74. The summed E-state index contributed by atoms with van der Waals surface area (Å²) in [5.41, 5.74) is 7.56. The molecular formula is C19H17ClN2O3S. The molecule has 0 spiro atoms. The minimum Gasteiger partial charge on any atom is -0.486 e. The van der Waals surface area contributed by atoms with Crippen molar-refractivity contribution in [2.45, 2.75) is 20.1 Å². The quantitative estimate of drug-likeness (QED) is 0.652. The maximum absolute atomic E-state index is 11.5. The molecule has 0 aliphatic rings. The second kappa shape index (κ2) is 8.21. The van der Waals surface area contributed by atoms with Crippen LogP contribution >= 0.6 is 22.9 Å². The van der Waals surface area contributed by atoms with Gasteiger partial charge in [0.05, 0.1) is 11.3 Å². The van der Waals surface area contributed by atoms with E-state index < -0.39 is 5.91 Å². The van der Waals surface area contributed by atoms with Crippen LogP contribution in [0.25, 0.3) is 0 Å². The van der Waals surface area contributed by atoms with Crippen LogP contribution in [0.5, 0.6) is 11.5 Å². The van der Waals surface area contributed by atoms with E-state index >= 15 is 0 Å². The lowest BCUT2D eigenvalue weighted by molar-refractivity contribution is 0.0996. The van der Waals surface area contributed by atoms with Gasteiger partial charge in [0.1, 0.15) is 29.7 Å². The largest absolute Gasteiger partial charge is 0.486 e. The number of nitrogens with zero attached hydrogens (tertiary/aromatic N) is 1. The van der Waals surface area contributed by atoms with Gasteiger partial charge in [-0.05, 0) is 37.3 Å². The summed E-state index contributed by atoms with van der Waals surface area (Å²) in [6, 6.07) is 12.6. The molecule has 3 rings (SSSR count). The summed E-state index contributed by atoms with van der Waals surface area (Å²) in [4.78, 5) is 15.9. The second-order valence-corrected chi connectivity index (χ2v) is 7.01. The van der Waals surface area contributed by atoms with Gasteiger partial charge in [-0.3, -0.25) is 4.79 Å². The molecule has 1 heterocycles. The number of amides is 1. The molecule has 0 aliphatic heterocycles. The number of halogens is 1. The van der Waals surface area contributed by atoms with Gasteiger partial charge in [0.25, 0.3) is 5.91 Å². The number of ether oxygens (including phenoxy) is 2. The highest BCUT2D eigenvalue weighted by Crippen LogP contribution is 2.24. The van der Waals surface area contributed by atoms with Gasteiger partial charge in [-0.2, -0.15) is 0 Å². The fourth-order valence-electron chi connectivity index (χ4n) is 2.23.